The van der Waals surface area contributed by atoms with Crippen molar-refractivity contribution < 1.29 is 34.2 Å². The van der Waals surface area contributed by atoms with Crippen molar-refractivity contribution in [1.82, 2.24) is 20.6 Å². The molecule has 1 aromatic rings. The first-order valence-corrected chi connectivity index (χ1v) is 8.16. The fourth-order valence-corrected chi connectivity index (χ4v) is 2.21. The lowest BCUT2D eigenvalue weighted by molar-refractivity contribution is -0.143. The lowest BCUT2D eigenvalue weighted by Crippen LogP contribution is -2.55. The predicted molar refractivity (Wildman–Crippen MR) is 92.4 cm³/mol. The van der Waals surface area contributed by atoms with Crippen LogP contribution in [0.1, 0.15) is 25.0 Å². The minimum atomic E-state index is -1.37. The molecule has 154 valence electrons. The standard InChI is InChI=1S/C15H22N6O7/c16-8(4-11(17)22)13(25)20-9(1-2-12(23)24)14(26)21-10(15(27)28)3-7-5-18-6-19-7/h5-6,8-10H,1-4,16H2,(H2,17,22)(H,18,19)(H,20,25)(H,21,26)(H,23,24)(H,27,28)/t8-,9-,10-/m0/s1. The molecule has 1 rings (SSSR count). The molecule has 9 N–H and O–H groups in total. The Morgan fingerprint density at radius 2 is 1.75 bits per heavy atom. The molecule has 0 fully saturated rings. The Labute approximate surface area is 158 Å². The van der Waals surface area contributed by atoms with Crippen molar-refractivity contribution in [3.63, 3.8) is 0 Å². The lowest BCUT2D eigenvalue weighted by Gasteiger charge is -2.22. The van der Waals surface area contributed by atoms with Gasteiger partial charge in [-0.1, -0.05) is 0 Å². The van der Waals surface area contributed by atoms with Gasteiger partial charge in [-0.25, -0.2) is 9.78 Å². The summed E-state index contributed by atoms with van der Waals surface area (Å²) in [6, 6.07) is -4.06. The van der Waals surface area contributed by atoms with E-state index in [2.05, 4.69) is 20.6 Å². The minimum absolute atomic E-state index is 0.109. The second-order valence-electron chi connectivity index (χ2n) is 5.95. The summed E-state index contributed by atoms with van der Waals surface area (Å²) in [5.41, 5.74) is 10.9. The van der Waals surface area contributed by atoms with Crippen LogP contribution in [0.15, 0.2) is 12.5 Å². The van der Waals surface area contributed by atoms with Crippen LogP contribution >= 0.6 is 0 Å². The fraction of sp³-hybridized carbons (Fsp3) is 0.467. The molecule has 0 aliphatic carbocycles. The molecule has 0 aliphatic rings. The third kappa shape index (κ3) is 7.82. The number of nitrogens with one attached hydrogen (secondary N) is 3. The Morgan fingerprint density at radius 3 is 2.25 bits per heavy atom. The number of carbonyl (C=O) groups excluding carboxylic acids is 3. The molecule has 0 saturated heterocycles. The Morgan fingerprint density at radius 1 is 1.11 bits per heavy atom. The molecule has 13 heteroatoms. The zero-order valence-corrected chi connectivity index (χ0v) is 14.8. The zero-order chi connectivity index (χ0) is 21.3. The number of carboxylic acids is 2. The number of aromatic nitrogens is 2. The smallest absolute Gasteiger partial charge is 0.326 e. The molecule has 0 spiro atoms. The molecule has 3 amide bonds. The lowest BCUT2D eigenvalue weighted by atomic mass is 10.1. The number of aromatic amines is 1. The summed E-state index contributed by atoms with van der Waals surface area (Å²) in [7, 11) is 0. The van der Waals surface area contributed by atoms with Gasteiger partial charge in [-0.3, -0.25) is 19.2 Å². The maximum absolute atomic E-state index is 12.4. The number of carbonyl (C=O) groups is 5. The quantitative estimate of drug-likeness (QED) is 0.191. The zero-order valence-electron chi connectivity index (χ0n) is 14.8. The number of hydrogen-bond donors (Lipinski definition) is 7. The number of hydrogen-bond acceptors (Lipinski definition) is 7. The van der Waals surface area contributed by atoms with Gasteiger partial charge < -0.3 is 37.3 Å². The van der Waals surface area contributed by atoms with Gasteiger partial charge in [-0.15, -0.1) is 0 Å². The van der Waals surface area contributed by atoms with Gasteiger partial charge in [-0.2, -0.15) is 0 Å². The number of amides is 3. The van der Waals surface area contributed by atoms with Crippen molar-refractivity contribution in [2.45, 2.75) is 43.8 Å². The monoisotopic (exact) mass is 398 g/mol. The molecule has 0 unspecified atom stereocenters. The SMILES string of the molecule is NC(=O)C[C@H](N)C(=O)N[C@@H](CCC(=O)O)C(=O)N[C@@H](Cc1cnc[nH]1)C(=O)O. The molecular formula is C15H22N6O7. The molecule has 1 aromatic heterocycles. The molecule has 0 saturated carbocycles. The highest BCUT2D eigenvalue weighted by atomic mass is 16.4. The van der Waals surface area contributed by atoms with E-state index >= 15 is 0 Å². The minimum Gasteiger partial charge on any atom is -0.481 e. The first kappa shape index (κ1) is 22.6. The normalized spacial score (nSPS) is 13.8. The van der Waals surface area contributed by atoms with Crippen LogP contribution in [0, 0.1) is 0 Å². The average Bonchev–Trinajstić information content (AvgIpc) is 3.09. The van der Waals surface area contributed by atoms with E-state index in [0.29, 0.717) is 5.69 Å². The van der Waals surface area contributed by atoms with Crippen LogP contribution in [-0.2, 0) is 30.4 Å². The average molecular weight is 398 g/mol. The summed E-state index contributed by atoms with van der Waals surface area (Å²) in [5.74, 6) is -5.20. The van der Waals surface area contributed by atoms with Crippen LogP contribution in [-0.4, -0.2) is 68.0 Å². The maximum Gasteiger partial charge on any atom is 0.326 e. The molecule has 13 nitrogen and oxygen atoms in total. The summed E-state index contributed by atoms with van der Waals surface area (Å²) in [6.45, 7) is 0. The molecule has 28 heavy (non-hydrogen) atoms. The molecule has 0 aliphatic heterocycles. The summed E-state index contributed by atoms with van der Waals surface area (Å²) in [6.07, 6.45) is 1.35. The number of aliphatic carboxylic acids is 2. The number of carboxylic acid groups (broad SMARTS) is 2. The third-order valence-corrected chi connectivity index (χ3v) is 3.63. The Kier molecular flexibility index (Phi) is 8.55. The Bertz CT molecular complexity index is 720. The van der Waals surface area contributed by atoms with E-state index in [9.17, 15) is 29.1 Å². The van der Waals surface area contributed by atoms with Crippen LogP contribution in [0.5, 0.6) is 0 Å². The van der Waals surface area contributed by atoms with Gasteiger partial charge in [0.2, 0.25) is 17.7 Å². The van der Waals surface area contributed by atoms with Gasteiger partial charge >= 0.3 is 11.9 Å². The van der Waals surface area contributed by atoms with Gasteiger partial charge in [0.1, 0.15) is 12.1 Å². The highest BCUT2D eigenvalue weighted by Gasteiger charge is 2.29. The summed E-state index contributed by atoms with van der Waals surface area (Å²) in [4.78, 5) is 63.9. The van der Waals surface area contributed by atoms with Gasteiger partial charge in [-0.05, 0) is 6.42 Å². The van der Waals surface area contributed by atoms with Gasteiger partial charge in [0, 0.05) is 24.7 Å². The van der Waals surface area contributed by atoms with E-state index in [-0.39, 0.29) is 12.8 Å². The highest BCUT2D eigenvalue weighted by Crippen LogP contribution is 2.04. The number of nitrogens with zero attached hydrogens (tertiary/aromatic N) is 1. The maximum atomic E-state index is 12.4. The number of imidazole rings is 1. The van der Waals surface area contributed by atoms with E-state index in [4.69, 9.17) is 16.6 Å². The van der Waals surface area contributed by atoms with Crippen LogP contribution < -0.4 is 22.1 Å². The number of rotatable bonds is 12. The second kappa shape index (κ2) is 10.6. The predicted octanol–water partition coefficient (Wildman–Crippen LogP) is -2.93. The Hall–Kier alpha value is -3.48. The largest absolute Gasteiger partial charge is 0.481 e. The highest BCUT2D eigenvalue weighted by molar-refractivity contribution is 5.93. The number of primary amides is 1. The Balaban J connectivity index is 2.83. The molecular weight excluding hydrogens is 376 g/mol. The number of nitrogens with two attached hydrogens (primary N) is 2. The van der Waals surface area contributed by atoms with Crippen LogP contribution in [0.2, 0.25) is 0 Å². The van der Waals surface area contributed by atoms with Crippen molar-refractivity contribution in [3.8, 4) is 0 Å². The van der Waals surface area contributed by atoms with Crippen molar-refractivity contribution in [2.75, 3.05) is 0 Å². The second-order valence-corrected chi connectivity index (χ2v) is 5.95. The topological polar surface area (TPSA) is 231 Å². The molecule has 0 aromatic carbocycles. The van der Waals surface area contributed by atoms with E-state index in [0.717, 1.165) is 0 Å². The van der Waals surface area contributed by atoms with Gasteiger partial charge in [0.05, 0.1) is 18.8 Å². The van der Waals surface area contributed by atoms with Crippen molar-refractivity contribution in [1.29, 1.82) is 0 Å². The van der Waals surface area contributed by atoms with Crippen molar-refractivity contribution >= 4 is 29.7 Å². The molecule has 3 atom stereocenters. The molecule has 0 bridgehead atoms. The van der Waals surface area contributed by atoms with E-state index in [1.54, 1.807) is 0 Å². The van der Waals surface area contributed by atoms with Crippen LogP contribution in [0.4, 0.5) is 0 Å². The van der Waals surface area contributed by atoms with Crippen molar-refractivity contribution in [3.05, 3.63) is 18.2 Å². The van der Waals surface area contributed by atoms with Gasteiger partial charge in [0.25, 0.3) is 0 Å². The number of H-pyrrole nitrogens is 1. The van der Waals surface area contributed by atoms with E-state index in [1.807, 2.05) is 0 Å². The summed E-state index contributed by atoms with van der Waals surface area (Å²) < 4.78 is 0. The van der Waals surface area contributed by atoms with Gasteiger partial charge in [0.15, 0.2) is 0 Å². The van der Waals surface area contributed by atoms with E-state index in [1.165, 1.54) is 12.5 Å². The first-order chi connectivity index (χ1) is 13.1. The third-order valence-electron chi connectivity index (χ3n) is 3.63. The first-order valence-electron chi connectivity index (χ1n) is 8.16. The molecule has 0 radical (unpaired) electrons. The summed E-state index contributed by atoms with van der Waals surface area (Å²) >= 11 is 0. The van der Waals surface area contributed by atoms with Crippen LogP contribution in [0.3, 0.4) is 0 Å². The molecule has 1 heterocycles. The fourth-order valence-electron chi connectivity index (χ4n) is 2.21. The van der Waals surface area contributed by atoms with Crippen LogP contribution in [0.25, 0.3) is 0 Å². The van der Waals surface area contributed by atoms with E-state index < -0.39 is 60.6 Å². The van der Waals surface area contributed by atoms with Crippen molar-refractivity contribution in [2.24, 2.45) is 11.5 Å². The summed E-state index contributed by atoms with van der Waals surface area (Å²) in [5, 5.41) is 22.6.